The topological polar surface area (TPSA) is 92.4 Å². The highest BCUT2D eigenvalue weighted by Crippen LogP contribution is 2.45. The number of ether oxygens (including phenoxy) is 1. The molecule has 3 aromatic rings. The van der Waals surface area contributed by atoms with Gasteiger partial charge >= 0.3 is 12.2 Å². The number of aryl methyl sites for hydroxylation is 1. The molecular formula is C30H32F7N7O. The Morgan fingerprint density at radius 2 is 1.80 bits per heavy atom. The van der Waals surface area contributed by atoms with Crippen molar-refractivity contribution in [3.05, 3.63) is 34.5 Å². The number of aromatic nitrogens is 3. The predicted molar refractivity (Wildman–Crippen MR) is 152 cm³/mol. The number of halogens is 7. The third-order valence-corrected chi connectivity index (χ3v) is 9.79. The van der Waals surface area contributed by atoms with Crippen molar-refractivity contribution in [2.45, 2.75) is 82.2 Å². The fraction of sp³-hybridized carbons (Fsp3) is 0.567. The van der Waals surface area contributed by atoms with E-state index in [0.29, 0.717) is 6.42 Å². The van der Waals surface area contributed by atoms with Crippen LogP contribution in [0.5, 0.6) is 6.01 Å². The van der Waals surface area contributed by atoms with Crippen LogP contribution in [0.25, 0.3) is 22.2 Å². The molecule has 4 aliphatic heterocycles. The van der Waals surface area contributed by atoms with Gasteiger partial charge in [-0.25, -0.2) is 22.5 Å². The highest BCUT2D eigenvalue weighted by atomic mass is 19.4. The van der Waals surface area contributed by atoms with Crippen molar-refractivity contribution < 1.29 is 35.5 Å². The van der Waals surface area contributed by atoms with E-state index in [1.165, 1.54) is 4.90 Å². The van der Waals surface area contributed by atoms with Crippen LogP contribution >= 0.6 is 0 Å². The normalized spacial score (nSPS) is 24.8. The molecule has 0 radical (unpaired) electrons. The predicted octanol–water partition coefficient (Wildman–Crippen LogP) is 5.59. The maximum atomic E-state index is 16.7. The van der Waals surface area contributed by atoms with Gasteiger partial charge in [0, 0.05) is 5.56 Å². The Morgan fingerprint density at radius 3 is 2.51 bits per heavy atom. The molecule has 2 aromatic heterocycles. The van der Waals surface area contributed by atoms with E-state index in [9.17, 15) is 22.0 Å². The molecule has 3 atom stereocenters. The second kappa shape index (κ2) is 10.8. The fourth-order valence-corrected chi connectivity index (χ4v) is 7.70. The number of alkyl halides is 5. The number of hydrogen-bond acceptors (Lipinski definition) is 8. The van der Waals surface area contributed by atoms with Crippen LogP contribution < -0.4 is 20.7 Å². The zero-order chi connectivity index (χ0) is 31.8. The Kier molecular flexibility index (Phi) is 7.26. The summed E-state index contributed by atoms with van der Waals surface area (Å²) in [7, 11) is 0. The van der Waals surface area contributed by atoms with Gasteiger partial charge < -0.3 is 15.4 Å². The number of rotatable bonds is 4. The molecule has 4 aliphatic rings. The van der Waals surface area contributed by atoms with Crippen LogP contribution in [-0.4, -0.2) is 70.3 Å². The van der Waals surface area contributed by atoms with Gasteiger partial charge in [-0.1, -0.05) is 0 Å². The first-order chi connectivity index (χ1) is 21.4. The summed E-state index contributed by atoms with van der Waals surface area (Å²) < 4.78 is 110. The van der Waals surface area contributed by atoms with Crippen LogP contribution in [0.4, 0.5) is 42.2 Å². The number of nitrogens with two attached hydrogens (primary N) is 1. The lowest BCUT2D eigenvalue weighted by Gasteiger charge is -2.42. The number of fused-ring (bicyclic) bond motifs is 3. The second-order valence-electron chi connectivity index (χ2n) is 12.5. The Hall–Kier alpha value is -3.46. The summed E-state index contributed by atoms with van der Waals surface area (Å²) in [5.41, 5.74) is 0.974. The van der Waals surface area contributed by atoms with Crippen molar-refractivity contribution in [2.75, 3.05) is 36.9 Å². The van der Waals surface area contributed by atoms with Gasteiger partial charge in [-0.2, -0.15) is 23.1 Å². The van der Waals surface area contributed by atoms with E-state index in [4.69, 9.17) is 10.5 Å². The molecule has 3 fully saturated rings. The van der Waals surface area contributed by atoms with Crippen molar-refractivity contribution in [3.63, 3.8) is 0 Å². The maximum absolute atomic E-state index is 16.7. The van der Waals surface area contributed by atoms with Gasteiger partial charge in [0.2, 0.25) is 0 Å². The van der Waals surface area contributed by atoms with E-state index < -0.39 is 70.0 Å². The van der Waals surface area contributed by atoms with Crippen molar-refractivity contribution in [3.8, 4) is 17.3 Å². The van der Waals surface area contributed by atoms with E-state index in [1.54, 1.807) is 0 Å². The average Bonchev–Trinajstić information content (AvgIpc) is 3.55. The van der Waals surface area contributed by atoms with Crippen molar-refractivity contribution in [1.29, 1.82) is 0 Å². The zero-order valence-corrected chi connectivity index (χ0v) is 24.5. The Balaban J connectivity index is 1.45. The SMILES string of the molecule is Cc1c(F)c(N)cc(-c2nc3c4c(nc(OCC56CCCN5CCC6)nc4c2F)N2CC(F)NC(F)C2CCC3)c1C(F)(F)F. The van der Waals surface area contributed by atoms with Gasteiger partial charge in [-0.05, 0) is 76.6 Å². The lowest BCUT2D eigenvalue weighted by Crippen LogP contribution is -2.60. The van der Waals surface area contributed by atoms with Crippen LogP contribution in [0.1, 0.15) is 55.3 Å². The van der Waals surface area contributed by atoms with E-state index in [2.05, 4.69) is 25.2 Å². The lowest BCUT2D eigenvalue weighted by atomic mass is 9.94. The molecule has 0 amide bonds. The minimum absolute atomic E-state index is 0.00232. The molecule has 242 valence electrons. The summed E-state index contributed by atoms with van der Waals surface area (Å²) in [5.74, 6) is -2.50. The molecule has 1 aromatic carbocycles. The highest BCUT2D eigenvalue weighted by molar-refractivity contribution is 5.95. The van der Waals surface area contributed by atoms with Gasteiger partial charge in [0.25, 0.3) is 0 Å². The number of nitrogen functional groups attached to an aromatic ring is 1. The number of nitrogens with one attached hydrogen (secondary N) is 1. The van der Waals surface area contributed by atoms with Crippen molar-refractivity contribution in [2.24, 2.45) is 0 Å². The summed E-state index contributed by atoms with van der Waals surface area (Å²) in [6, 6.07) is -0.393. The van der Waals surface area contributed by atoms with Gasteiger partial charge in [0.05, 0.1) is 40.5 Å². The average molecular weight is 640 g/mol. The number of benzene rings is 1. The van der Waals surface area contributed by atoms with Crippen molar-refractivity contribution in [1.82, 2.24) is 25.2 Å². The molecule has 45 heavy (non-hydrogen) atoms. The van der Waals surface area contributed by atoms with Gasteiger partial charge in [0.15, 0.2) is 18.4 Å². The maximum Gasteiger partial charge on any atom is 0.417 e. The first kappa shape index (κ1) is 30.2. The number of anilines is 2. The Morgan fingerprint density at radius 1 is 1.07 bits per heavy atom. The number of nitrogens with zero attached hydrogens (tertiary/aromatic N) is 5. The standard InChI is InChI=1S/C30H32F7N7O/c1-14-21(30(35,36)37)15(11-16(38)22(14)32)24-23(33)25-20-17(39-24)5-2-6-18-26(34)40-19(31)12-44(18)27(20)42-28(41-25)45-13-29-7-3-9-43(29)10-4-8-29/h11,18-19,26,40H,2-10,12-13,38H2,1H3. The monoisotopic (exact) mass is 639 g/mol. The quantitative estimate of drug-likeness (QED) is 0.217. The summed E-state index contributed by atoms with van der Waals surface area (Å²) in [6.45, 7) is 2.63. The first-order valence-electron chi connectivity index (χ1n) is 15.1. The van der Waals surface area contributed by atoms with Gasteiger partial charge in [-0.15, -0.1) is 0 Å². The third-order valence-electron chi connectivity index (χ3n) is 9.79. The lowest BCUT2D eigenvalue weighted by molar-refractivity contribution is -0.137. The molecule has 7 rings (SSSR count). The number of piperazine rings is 1. The zero-order valence-electron chi connectivity index (χ0n) is 24.5. The van der Waals surface area contributed by atoms with E-state index in [1.807, 2.05) is 0 Å². The van der Waals surface area contributed by atoms with Crippen LogP contribution in [0.3, 0.4) is 0 Å². The molecule has 0 aliphatic carbocycles. The fourth-order valence-electron chi connectivity index (χ4n) is 7.70. The van der Waals surface area contributed by atoms with Gasteiger partial charge in [0.1, 0.15) is 29.5 Å². The van der Waals surface area contributed by atoms with Gasteiger partial charge in [-0.3, -0.25) is 10.2 Å². The Bertz CT molecular complexity index is 1660. The third kappa shape index (κ3) is 4.93. The number of pyridine rings is 1. The molecule has 0 saturated carbocycles. The molecule has 6 heterocycles. The molecule has 3 unspecified atom stereocenters. The molecule has 8 nitrogen and oxygen atoms in total. The second-order valence-corrected chi connectivity index (χ2v) is 12.5. The van der Waals surface area contributed by atoms with Crippen molar-refractivity contribution >= 4 is 22.4 Å². The first-order valence-corrected chi connectivity index (χ1v) is 15.1. The molecule has 15 heteroatoms. The molecule has 3 saturated heterocycles. The van der Waals surface area contributed by atoms with Crippen LogP contribution in [0, 0.1) is 18.6 Å². The number of hydrogen-bond donors (Lipinski definition) is 2. The summed E-state index contributed by atoms with van der Waals surface area (Å²) in [4.78, 5) is 17.0. The molecule has 3 N–H and O–H groups in total. The minimum atomic E-state index is -5.07. The largest absolute Gasteiger partial charge is 0.461 e. The molecular weight excluding hydrogens is 607 g/mol. The summed E-state index contributed by atoms with van der Waals surface area (Å²) >= 11 is 0. The summed E-state index contributed by atoms with van der Waals surface area (Å²) in [5, 5.41) is 2.31. The van der Waals surface area contributed by atoms with E-state index in [-0.39, 0.29) is 54.4 Å². The van der Waals surface area contributed by atoms with E-state index in [0.717, 1.165) is 51.8 Å². The highest BCUT2D eigenvalue weighted by Gasteiger charge is 2.46. The Labute approximate surface area is 254 Å². The minimum Gasteiger partial charge on any atom is -0.461 e. The van der Waals surface area contributed by atoms with Crippen LogP contribution in [-0.2, 0) is 12.6 Å². The van der Waals surface area contributed by atoms with Crippen LogP contribution in [0.15, 0.2) is 6.07 Å². The summed E-state index contributed by atoms with van der Waals surface area (Å²) in [6.07, 6.45) is -4.20. The molecule has 0 bridgehead atoms. The molecule has 0 spiro atoms. The van der Waals surface area contributed by atoms with Crippen LogP contribution in [0.2, 0.25) is 0 Å². The smallest absolute Gasteiger partial charge is 0.417 e. The van der Waals surface area contributed by atoms with E-state index >= 15 is 8.78 Å².